The van der Waals surface area contributed by atoms with Crippen molar-refractivity contribution < 1.29 is 4.74 Å². The summed E-state index contributed by atoms with van der Waals surface area (Å²) in [6.07, 6.45) is 4.46. The fourth-order valence-electron chi connectivity index (χ4n) is 3.44. The van der Waals surface area contributed by atoms with Gasteiger partial charge in [-0.25, -0.2) is 0 Å². The van der Waals surface area contributed by atoms with Gasteiger partial charge in [-0.05, 0) is 38.1 Å². The summed E-state index contributed by atoms with van der Waals surface area (Å²) in [6.45, 7) is 13.6. The standard InChI is InChI=1S/C15H30N2O/c1-5-16-12(2)15(3,4)11-17-9-10-18-14-8-6-7-13(14)17/h12-14,16H,5-11H2,1-4H3. The van der Waals surface area contributed by atoms with E-state index >= 15 is 0 Å². The summed E-state index contributed by atoms with van der Waals surface area (Å²) in [5.41, 5.74) is 0.320. The lowest BCUT2D eigenvalue weighted by molar-refractivity contribution is -0.0682. The molecule has 1 saturated heterocycles. The van der Waals surface area contributed by atoms with Crippen LogP contribution in [0.1, 0.15) is 47.0 Å². The van der Waals surface area contributed by atoms with Crippen molar-refractivity contribution in [3.05, 3.63) is 0 Å². The number of nitrogens with one attached hydrogen (secondary N) is 1. The molecule has 0 aromatic heterocycles. The van der Waals surface area contributed by atoms with Gasteiger partial charge in [-0.3, -0.25) is 4.90 Å². The summed E-state index contributed by atoms with van der Waals surface area (Å²) in [4.78, 5) is 2.69. The van der Waals surface area contributed by atoms with E-state index in [1.165, 1.54) is 25.8 Å². The summed E-state index contributed by atoms with van der Waals surface area (Å²) in [5, 5.41) is 3.58. The Kier molecular flexibility index (Phi) is 4.68. The zero-order chi connectivity index (χ0) is 13.2. The average molecular weight is 254 g/mol. The zero-order valence-electron chi connectivity index (χ0n) is 12.5. The molecule has 1 heterocycles. The van der Waals surface area contributed by atoms with Crippen molar-refractivity contribution in [3.8, 4) is 0 Å². The van der Waals surface area contributed by atoms with Crippen molar-refractivity contribution in [1.82, 2.24) is 10.2 Å². The van der Waals surface area contributed by atoms with Crippen LogP contribution in [-0.4, -0.2) is 49.3 Å². The molecule has 0 radical (unpaired) electrons. The lowest BCUT2D eigenvalue weighted by Crippen LogP contribution is -2.54. The molecule has 3 unspecified atom stereocenters. The van der Waals surface area contributed by atoms with Crippen LogP contribution in [0.3, 0.4) is 0 Å². The van der Waals surface area contributed by atoms with E-state index in [4.69, 9.17) is 4.74 Å². The first kappa shape index (κ1) is 14.3. The van der Waals surface area contributed by atoms with E-state index in [1.54, 1.807) is 0 Å². The van der Waals surface area contributed by atoms with Crippen molar-refractivity contribution >= 4 is 0 Å². The van der Waals surface area contributed by atoms with E-state index in [-0.39, 0.29) is 0 Å². The van der Waals surface area contributed by atoms with E-state index in [0.29, 0.717) is 23.6 Å². The van der Waals surface area contributed by atoms with Gasteiger partial charge in [-0.15, -0.1) is 0 Å². The van der Waals surface area contributed by atoms with Crippen LogP contribution in [0, 0.1) is 5.41 Å². The Bertz CT molecular complexity index is 267. The Hall–Kier alpha value is -0.120. The summed E-state index contributed by atoms with van der Waals surface area (Å²) in [6, 6.07) is 1.25. The Morgan fingerprint density at radius 2 is 2.17 bits per heavy atom. The van der Waals surface area contributed by atoms with Crippen molar-refractivity contribution in [2.45, 2.75) is 65.1 Å². The third kappa shape index (κ3) is 3.06. The van der Waals surface area contributed by atoms with Crippen LogP contribution >= 0.6 is 0 Å². The van der Waals surface area contributed by atoms with Gasteiger partial charge < -0.3 is 10.1 Å². The lowest BCUT2D eigenvalue weighted by Gasteiger charge is -2.44. The molecule has 1 aliphatic heterocycles. The summed E-state index contributed by atoms with van der Waals surface area (Å²) in [7, 11) is 0. The second kappa shape index (κ2) is 5.89. The molecule has 1 N–H and O–H groups in total. The quantitative estimate of drug-likeness (QED) is 0.814. The van der Waals surface area contributed by atoms with Gasteiger partial charge >= 0.3 is 0 Å². The van der Waals surface area contributed by atoms with Gasteiger partial charge in [-0.1, -0.05) is 20.8 Å². The number of morpholine rings is 1. The lowest BCUT2D eigenvalue weighted by atomic mass is 9.84. The first-order valence-electron chi connectivity index (χ1n) is 7.63. The van der Waals surface area contributed by atoms with E-state index in [0.717, 1.165) is 19.7 Å². The molecule has 1 saturated carbocycles. The highest BCUT2D eigenvalue weighted by atomic mass is 16.5. The summed E-state index contributed by atoms with van der Waals surface area (Å²) < 4.78 is 5.90. The normalized spacial score (nSPS) is 31.3. The number of hydrogen-bond acceptors (Lipinski definition) is 3. The van der Waals surface area contributed by atoms with E-state index < -0.39 is 0 Å². The monoisotopic (exact) mass is 254 g/mol. The topological polar surface area (TPSA) is 24.5 Å². The minimum atomic E-state index is 0.320. The van der Waals surface area contributed by atoms with Gasteiger partial charge in [0, 0.05) is 25.2 Å². The minimum Gasteiger partial charge on any atom is -0.375 e. The molecule has 3 heteroatoms. The molecule has 18 heavy (non-hydrogen) atoms. The highest BCUT2D eigenvalue weighted by Gasteiger charge is 2.39. The molecule has 1 aliphatic carbocycles. The largest absolute Gasteiger partial charge is 0.375 e. The molecule has 2 aliphatic rings. The van der Waals surface area contributed by atoms with Gasteiger partial charge in [-0.2, -0.15) is 0 Å². The zero-order valence-corrected chi connectivity index (χ0v) is 12.5. The maximum atomic E-state index is 5.90. The molecule has 2 fully saturated rings. The maximum absolute atomic E-state index is 5.90. The highest BCUT2D eigenvalue weighted by Crippen LogP contribution is 2.32. The summed E-state index contributed by atoms with van der Waals surface area (Å²) in [5.74, 6) is 0. The van der Waals surface area contributed by atoms with E-state index in [1.807, 2.05) is 0 Å². The molecule has 0 aromatic carbocycles. The number of ether oxygens (including phenoxy) is 1. The van der Waals surface area contributed by atoms with Gasteiger partial charge in [0.05, 0.1) is 12.7 Å². The number of fused-ring (bicyclic) bond motifs is 1. The van der Waals surface area contributed by atoms with E-state index in [2.05, 4.69) is 37.9 Å². The molecule has 0 aromatic rings. The van der Waals surface area contributed by atoms with Crippen molar-refractivity contribution in [3.63, 3.8) is 0 Å². The average Bonchev–Trinajstić information content (AvgIpc) is 2.78. The first-order valence-corrected chi connectivity index (χ1v) is 7.63. The van der Waals surface area contributed by atoms with Gasteiger partial charge in [0.1, 0.15) is 0 Å². The van der Waals surface area contributed by atoms with Crippen LogP contribution in [0.4, 0.5) is 0 Å². The predicted octanol–water partition coefficient (Wildman–Crippen LogP) is 2.26. The molecule has 0 spiro atoms. The minimum absolute atomic E-state index is 0.320. The molecule has 2 rings (SSSR count). The van der Waals surface area contributed by atoms with Crippen LogP contribution < -0.4 is 5.32 Å². The molecular weight excluding hydrogens is 224 g/mol. The van der Waals surface area contributed by atoms with Gasteiger partial charge in [0.25, 0.3) is 0 Å². The predicted molar refractivity (Wildman–Crippen MR) is 75.9 cm³/mol. The van der Waals surface area contributed by atoms with Crippen LogP contribution in [-0.2, 0) is 4.74 Å². The molecule has 3 atom stereocenters. The number of hydrogen-bond donors (Lipinski definition) is 1. The Morgan fingerprint density at radius 3 is 2.89 bits per heavy atom. The molecule has 0 amide bonds. The molecule has 3 nitrogen and oxygen atoms in total. The first-order chi connectivity index (χ1) is 8.54. The number of rotatable bonds is 5. The second-order valence-corrected chi connectivity index (χ2v) is 6.65. The fraction of sp³-hybridized carbons (Fsp3) is 1.00. The number of nitrogens with zero attached hydrogens (tertiary/aromatic N) is 1. The van der Waals surface area contributed by atoms with Crippen LogP contribution in [0.15, 0.2) is 0 Å². The van der Waals surface area contributed by atoms with Gasteiger partial charge in [0.2, 0.25) is 0 Å². The molecule has 106 valence electrons. The van der Waals surface area contributed by atoms with Crippen molar-refractivity contribution in [2.24, 2.45) is 5.41 Å². The van der Waals surface area contributed by atoms with Crippen LogP contribution in [0.25, 0.3) is 0 Å². The van der Waals surface area contributed by atoms with Crippen molar-refractivity contribution in [2.75, 3.05) is 26.2 Å². The Balaban J connectivity index is 1.94. The highest BCUT2D eigenvalue weighted by molar-refractivity contribution is 4.93. The smallest absolute Gasteiger partial charge is 0.0730 e. The molecular formula is C15H30N2O. The van der Waals surface area contributed by atoms with Crippen molar-refractivity contribution in [1.29, 1.82) is 0 Å². The van der Waals surface area contributed by atoms with Crippen LogP contribution in [0.2, 0.25) is 0 Å². The SMILES string of the molecule is CCNC(C)C(C)(C)CN1CCOC2CCCC21. The second-order valence-electron chi connectivity index (χ2n) is 6.65. The Morgan fingerprint density at radius 1 is 1.39 bits per heavy atom. The third-order valence-electron chi connectivity index (χ3n) is 4.89. The molecule has 0 bridgehead atoms. The van der Waals surface area contributed by atoms with Gasteiger partial charge in [0.15, 0.2) is 0 Å². The van der Waals surface area contributed by atoms with Crippen LogP contribution in [0.5, 0.6) is 0 Å². The summed E-state index contributed by atoms with van der Waals surface area (Å²) >= 11 is 0. The Labute approximate surface area is 112 Å². The third-order valence-corrected chi connectivity index (χ3v) is 4.89. The maximum Gasteiger partial charge on any atom is 0.0730 e. The van der Waals surface area contributed by atoms with E-state index in [9.17, 15) is 0 Å². The fourth-order valence-corrected chi connectivity index (χ4v) is 3.44.